The highest BCUT2D eigenvalue weighted by Crippen LogP contribution is 2.37. The van der Waals surface area contributed by atoms with Crippen LogP contribution in [0.5, 0.6) is 0 Å². The molecule has 0 amide bonds. The van der Waals surface area contributed by atoms with Crippen LogP contribution in [0.15, 0.2) is 72.8 Å². The first-order valence-corrected chi connectivity index (χ1v) is 9.77. The summed E-state index contributed by atoms with van der Waals surface area (Å²) in [6, 6.07) is 22.9. The van der Waals surface area contributed by atoms with Gasteiger partial charge in [-0.3, -0.25) is 4.57 Å². The second-order valence-electron chi connectivity index (χ2n) is 7.29. The molecule has 0 radical (unpaired) electrons. The minimum Gasteiger partial charge on any atom is -0.325 e. The van der Waals surface area contributed by atoms with E-state index in [0.717, 1.165) is 27.7 Å². The van der Waals surface area contributed by atoms with Crippen molar-refractivity contribution in [2.45, 2.75) is 19.9 Å². The zero-order valence-corrected chi connectivity index (χ0v) is 16.5. The van der Waals surface area contributed by atoms with Crippen LogP contribution >= 0.6 is 11.6 Å². The minimum absolute atomic E-state index is 0.0394. The van der Waals surface area contributed by atoms with Crippen molar-refractivity contribution in [1.29, 1.82) is 0 Å². The zero-order valence-electron chi connectivity index (χ0n) is 15.8. The van der Waals surface area contributed by atoms with Crippen molar-refractivity contribution in [3.8, 4) is 0 Å². The fraction of sp³-hybridized carbons (Fsp3) is 0.125. The van der Waals surface area contributed by atoms with Crippen molar-refractivity contribution in [2.24, 2.45) is 0 Å². The van der Waals surface area contributed by atoms with E-state index in [1.54, 1.807) is 0 Å². The van der Waals surface area contributed by atoms with Crippen LogP contribution in [0.25, 0.3) is 16.7 Å². The largest absolute Gasteiger partial charge is 0.325 e. The van der Waals surface area contributed by atoms with E-state index in [4.69, 9.17) is 16.6 Å². The third kappa shape index (κ3) is 2.79. The third-order valence-corrected chi connectivity index (χ3v) is 5.73. The van der Waals surface area contributed by atoms with Gasteiger partial charge in [0, 0.05) is 10.7 Å². The molecule has 138 valence electrons. The lowest BCUT2D eigenvalue weighted by molar-refractivity contribution is 0.720. The standard InChI is InChI=1S/C24H20ClN3/c1-15-7-8-18(13-16(15)2)21-14-23(17-9-11-19(25)12-10-17)28-22-6-4-3-5-20(22)26-24(28)27-21/h3-14,23H,1-2H3,(H,26,27)/t23-/m1/s1. The highest BCUT2D eigenvalue weighted by atomic mass is 35.5. The Hall–Kier alpha value is -3.04. The molecule has 3 nitrogen and oxygen atoms in total. The molecule has 0 saturated heterocycles. The Morgan fingerprint density at radius 2 is 1.71 bits per heavy atom. The number of anilines is 1. The molecule has 0 spiro atoms. The average Bonchev–Trinajstić information content (AvgIpc) is 3.08. The summed E-state index contributed by atoms with van der Waals surface area (Å²) in [7, 11) is 0. The average molecular weight is 386 g/mol. The lowest BCUT2D eigenvalue weighted by atomic mass is 9.99. The second kappa shape index (κ2) is 6.54. The van der Waals surface area contributed by atoms with Gasteiger partial charge in [0.25, 0.3) is 0 Å². The summed E-state index contributed by atoms with van der Waals surface area (Å²) < 4.78 is 2.25. The number of para-hydroxylation sites is 2. The van der Waals surface area contributed by atoms with Gasteiger partial charge in [-0.2, -0.15) is 0 Å². The van der Waals surface area contributed by atoms with E-state index < -0.39 is 0 Å². The van der Waals surface area contributed by atoms with Gasteiger partial charge in [-0.25, -0.2) is 4.98 Å². The first-order chi connectivity index (χ1) is 13.6. The SMILES string of the molecule is Cc1ccc(C2=C[C@H](c3ccc(Cl)cc3)n3c(nc4ccccc43)N2)cc1C. The topological polar surface area (TPSA) is 29.9 Å². The molecule has 4 aromatic rings. The zero-order chi connectivity index (χ0) is 19.3. The van der Waals surface area contributed by atoms with Crippen LogP contribution in [0.2, 0.25) is 5.02 Å². The predicted molar refractivity (Wildman–Crippen MR) is 117 cm³/mol. The molecule has 0 unspecified atom stereocenters. The Labute approximate surface area is 169 Å². The third-order valence-electron chi connectivity index (χ3n) is 5.47. The number of aryl methyl sites for hydroxylation is 2. The molecule has 3 aromatic carbocycles. The first kappa shape index (κ1) is 17.1. The van der Waals surface area contributed by atoms with Crippen molar-refractivity contribution < 1.29 is 0 Å². The van der Waals surface area contributed by atoms with Gasteiger partial charge >= 0.3 is 0 Å². The van der Waals surface area contributed by atoms with Gasteiger partial charge in [0.2, 0.25) is 5.95 Å². The Kier molecular flexibility index (Phi) is 3.99. The van der Waals surface area contributed by atoms with Gasteiger partial charge in [0.05, 0.1) is 17.1 Å². The van der Waals surface area contributed by atoms with Gasteiger partial charge in [-0.1, -0.05) is 48.0 Å². The van der Waals surface area contributed by atoms with Gasteiger partial charge in [-0.15, -0.1) is 0 Å². The van der Waals surface area contributed by atoms with Crippen LogP contribution in [0, 0.1) is 13.8 Å². The number of hydrogen-bond acceptors (Lipinski definition) is 2. The number of imidazole rings is 1. The van der Waals surface area contributed by atoms with E-state index in [0.29, 0.717) is 0 Å². The van der Waals surface area contributed by atoms with Crippen molar-refractivity contribution in [1.82, 2.24) is 9.55 Å². The molecule has 4 heteroatoms. The second-order valence-corrected chi connectivity index (χ2v) is 7.73. The number of benzene rings is 3. The molecule has 1 aromatic heterocycles. The predicted octanol–water partition coefficient (Wildman–Crippen LogP) is 6.36. The maximum absolute atomic E-state index is 6.13. The highest BCUT2D eigenvalue weighted by Gasteiger charge is 2.25. The van der Waals surface area contributed by atoms with Gasteiger partial charge < -0.3 is 5.32 Å². The molecule has 0 bridgehead atoms. The summed E-state index contributed by atoms with van der Waals surface area (Å²) in [5, 5.41) is 4.29. The number of rotatable bonds is 2. The van der Waals surface area contributed by atoms with Gasteiger partial charge in [-0.05, 0) is 72.5 Å². The summed E-state index contributed by atoms with van der Waals surface area (Å²) in [5.41, 5.74) is 8.09. The van der Waals surface area contributed by atoms with E-state index in [1.165, 1.54) is 22.3 Å². The Bertz CT molecular complexity index is 1220. The van der Waals surface area contributed by atoms with Crippen molar-refractivity contribution in [3.63, 3.8) is 0 Å². The summed E-state index contributed by atoms with van der Waals surface area (Å²) >= 11 is 6.13. The molecule has 0 fully saturated rings. The molecule has 28 heavy (non-hydrogen) atoms. The van der Waals surface area contributed by atoms with Gasteiger partial charge in [0.15, 0.2) is 0 Å². The van der Waals surface area contributed by atoms with E-state index in [2.05, 4.69) is 78.3 Å². The maximum Gasteiger partial charge on any atom is 0.209 e. The van der Waals surface area contributed by atoms with E-state index >= 15 is 0 Å². The van der Waals surface area contributed by atoms with Crippen molar-refractivity contribution in [2.75, 3.05) is 5.32 Å². The molecule has 1 N–H and O–H groups in total. The number of aromatic nitrogens is 2. The molecule has 5 rings (SSSR count). The first-order valence-electron chi connectivity index (χ1n) is 9.39. The van der Waals surface area contributed by atoms with Crippen LogP contribution in [-0.4, -0.2) is 9.55 Å². The number of allylic oxidation sites excluding steroid dienone is 1. The van der Waals surface area contributed by atoms with E-state index in [9.17, 15) is 0 Å². The Morgan fingerprint density at radius 3 is 2.50 bits per heavy atom. The molecule has 2 heterocycles. The highest BCUT2D eigenvalue weighted by molar-refractivity contribution is 6.30. The maximum atomic E-state index is 6.13. The van der Waals surface area contributed by atoms with E-state index in [1.807, 2.05) is 18.2 Å². The molecule has 1 atom stereocenters. The molecule has 1 aliphatic heterocycles. The number of nitrogens with one attached hydrogen (secondary N) is 1. The van der Waals surface area contributed by atoms with Crippen LogP contribution in [0.3, 0.4) is 0 Å². The van der Waals surface area contributed by atoms with Crippen molar-refractivity contribution in [3.05, 3.63) is 100 Å². The van der Waals surface area contributed by atoms with Crippen LogP contribution in [-0.2, 0) is 0 Å². The molecule has 1 aliphatic rings. The van der Waals surface area contributed by atoms with Crippen LogP contribution in [0.1, 0.15) is 28.3 Å². The summed E-state index contributed by atoms with van der Waals surface area (Å²) in [6.07, 6.45) is 2.27. The van der Waals surface area contributed by atoms with Crippen LogP contribution in [0.4, 0.5) is 5.95 Å². The quantitative estimate of drug-likeness (QED) is 0.435. The van der Waals surface area contributed by atoms with Gasteiger partial charge in [0.1, 0.15) is 0 Å². The van der Waals surface area contributed by atoms with E-state index in [-0.39, 0.29) is 6.04 Å². The monoisotopic (exact) mass is 385 g/mol. The number of fused-ring (bicyclic) bond motifs is 3. The van der Waals surface area contributed by atoms with Crippen LogP contribution < -0.4 is 5.32 Å². The molecule has 0 saturated carbocycles. The summed E-state index contributed by atoms with van der Waals surface area (Å²) in [6.45, 7) is 4.28. The number of nitrogens with zero attached hydrogens (tertiary/aromatic N) is 2. The number of hydrogen-bond donors (Lipinski definition) is 1. The normalized spacial score (nSPS) is 15.8. The summed E-state index contributed by atoms with van der Waals surface area (Å²) in [4.78, 5) is 4.85. The fourth-order valence-corrected chi connectivity index (χ4v) is 3.92. The molecular formula is C24H20ClN3. The molecular weight excluding hydrogens is 366 g/mol. The number of halogens is 1. The lowest BCUT2D eigenvalue weighted by Gasteiger charge is -2.27. The molecule has 0 aliphatic carbocycles. The van der Waals surface area contributed by atoms with Crippen molar-refractivity contribution >= 4 is 34.3 Å². The minimum atomic E-state index is 0.0394. The Morgan fingerprint density at radius 1 is 0.929 bits per heavy atom. The smallest absolute Gasteiger partial charge is 0.209 e. The Balaban J connectivity index is 1.71. The lowest BCUT2D eigenvalue weighted by Crippen LogP contribution is -2.19. The fourth-order valence-electron chi connectivity index (χ4n) is 3.79. The summed E-state index contributed by atoms with van der Waals surface area (Å²) in [5.74, 6) is 0.858.